The number of ether oxygens (including phenoxy) is 1. The number of hydrogen-bond donors (Lipinski definition) is 0. The Morgan fingerprint density at radius 1 is 1.40 bits per heavy atom. The molecule has 3 rings (SSSR count). The van der Waals surface area contributed by atoms with E-state index in [1.807, 2.05) is 18.9 Å². The first kappa shape index (κ1) is 13.9. The number of carbonyl (C=O) groups is 1. The molecule has 6 heteroatoms. The molecule has 0 bridgehead atoms. The van der Waals surface area contributed by atoms with Crippen LogP contribution >= 0.6 is 11.6 Å². The van der Waals surface area contributed by atoms with Gasteiger partial charge in [-0.1, -0.05) is 11.6 Å². The van der Waals surface area contributed by atoms with Gasteiger partial charge in [0.1, 0.15) is 11.3 Å². The van der Waals surface area contributed by atoms with Gasteiger partial charge in [-0.2, -0.15) is 5.10 Å². The third-order valence-electron chi connectivity index (χ3n) is 4.27. The molecular formula is C14H20ClN3O2. The Hall–Kier alpha value is -1.07. The van der Waals surface area contributed by atoms with Crippen LogP contribution in [0.1, 0.15) is 43.0 Å². The minimum Gasteiger partial charge on any atom is -0.368 e. The first-order chi connectivity index (χ1) is 9.59. The minimum atomic E-state index is -0.258. The topological polar surface area (TPSA) is 47.4 Å². The van der Waals surface area contributed by atoms with Crippen molar-refractivity contribution in [2.24, 2.45) is 7.05 Å². The van der Waals surface area contributed by atoms with E-state index in [0.29, 0.717) is 11.8 Å². The maximum Gasteiger partial charge on any atom is 0.252 e. The van der Waals surface area contributed by atoms with Gasteiger partial charge in [-0.15, -0.1) is 0 Å². The summed E-state index contributed by atoms with van der Waals surface area (Å²) >= 11 is 6.36. The third kappa shape index (κ3) is 2.23. The van der Waals surface area contributed by atoms with Crippen LogP contribution in [0.2, 0.25) is 5.15 Å². The van der Waals surface area contributed by atoms with E-state index in [1.54, 1.807) is 4.68 Å². The molecule has 3 heterocycles. The van der Waals surface area contributed by atoms with Gasteiger partial charge in [0.05, 0.1) is 11.7 Å². The van der Waals surface area contributed by atoms with E-state index >= 15 is 0 Å². The highest BCUT2D eigenvalue weighted by Crippen LogP contribution is 2.38. The highest BCUT2D eigenvalue weighted by Gasteiger charge is 2.38. The summed E-state index contributed by atoms with van der Waals surface area (Å²) in [6, 6.07) is 0.0490. The Balaban J connectivity index is 1.86. The molecular weight excluding hydrogens is 278 g/mol. The lowest BCUT2D eigenvalue weighted by molar-refractivity contribution is -0.141. The molecule has 0 N–H and O–H groups in total. The van der Waals surface area contributed by atoms with Crippen molar-refractivity contribution < 1.29 is 9.53 Å². The van der Waals surface area contributed by atoms with E-state index in [1.165, 1.54) is 0 Å². The van der Waals surface area contributed by atoms with Crippen LogP contribution in [0, 0.1) is 6.92 Å². The molecule has 2 aliphatic rings. The van der Waals surface area contributed by atoms with Crippen LogP contribution in [0.3, 0.4) is 0 Å². The van der Waals surface area contributed by atoms with Crippen LogP contribution < -0.4 is 0 Å². The van der Waals surface area contributed by atoms with E-state index in [0.717, 1.165) is 43.5 Å². The Labute approximate surface area is 123 Å². The number of aromatic nitrogens is 2. The average molecular weight is 298 g/mol. The molecule has 0 radical (unpaired) electrons. The van der Waals surface area contributed by atoms with Crippen molar-refractivity contribution in [3.05, 3.63) is 16.4 Å². The van der Waals surface area contributed by atoms with Gasteiger partial charge in [0.2, 0.25) is 0 Å². The SMILES string of the molecule is Cc1nn(C)c(Cl)c1[C@H]1CCCN1C(=O)[C@H]1CCCO1. The third-order valence-corrected chi connectivity index (χ3v) is 4.72. The quantitative estimate of drug-likeness (QED) is 0.841. The number of aryl methyl sites for hydroxylation is 2. The maximum atomic E-state index is 12.6. The number of nitrogens with zero attached hydrogens (tertiary/aromatic N) is 3. The molecule has 110 valence electrons. The lowest BCUT2D eigenvalue weighted by Gasteiger charge is -2.27. The van der Waals surface area contributed by atoms with Crippen molar-refractivity contribution in [1.82, 2.24) is 14.7 Å². The number of rotatable bonds is 2. The second-order valence-corrected chi connectivity index (χ2v) is 5.96. The van der Waals surface area contributed by atoms with E-state index in [2.05, 4.69) is 5.10 Å². The van der Waals surface area contributed by atoms with Gasteiger partial charge in [0, 0.05) is 25.8 Å². The fourth-order valence-electron chi connectivity index (χ4n) is 3.31. The fraction of sp³-hybridized carbons (Fsp3) is 0.714. The second kappa shape index (κ2) is 5.37. The van der Waals surface area contributed by atoms with Crippen LogP contribution in [0.25, 0.3) is 0 Å². The van der Waals surface area contributed by atoms with Gasteiger partial charge in [0.25, 0.3) is 5.91 Å². The zero-order valence-electron chi connectivity index (χ0n) is 11.9. The highest BCUT2D eigenvalue weighted by atomic mass is 35.5. The van der Waals surface area contributed by atoms with Gasteiger partial charge in [-0.3, -0.25) is 9.48 Å². The zero-order valence-corrected chi connectivity index (χ0v) is 12.7. The van der Waals surface area contributed by atoms with Crippen molar-refractivity contribution in [1.29, 1.82) is 0 Å². The first-order valence-corrected chi connectivity index (χ1v) is 7.58. The molecule has 2 fully saturated rings. The number of likely N-dealkylation sites (tertiary alicyclic amines) is 1. The van der Waals surface area contributed by atoms with Crippen molar-refractivity contribution in [3.8, 4) is 0 Å². The smallest absolute Gasteiger partial charge is 0.252 e. The van der Waals surface area contributed by atoms with Gasteiger partial charge < -0.3 is 9.64 Å². The van der Waals surface area contributed by atoms with Gasteiger partial charge in [-0.25, -0.2) is 0 Å². The summed E-state index contributed by atoms with van der Waals surface area (Å²) in [7, 11) is 1.83. The zero-order chi connectivity index (χ0) is 14.3. The summed E-state index contributed by atoms with van der Waals surface area (Å²) in [4.78, 5) is 14.5. The van der Waals surface area contributed by atoms with E-state index in [-0.39, 0.29) is 18.1 Å². The normalized spacial score (nSPS) is 26.4. The Morgan fingerprint density at radius 3 is 2.80 bits per heavy atom. The molecule has 2 saturated heterocycles. The summed E-state index contributed by atoms with van der Waals surface area (Å²) in [6.07, 6.45) is 3.51. The van der Waals surface area contributed by atoms with Crippen LogP contribution in [0.15, 0.2) is 0 Å². The summed E-state index contributed by atoms with van der Waals surface area (Å²) in [6.45, 7) is 3.43. The predicted octanol–water partition coefficient (Wildman–Crippen LogP) is 2.22. The molecule has 2 aliphatic heterocycles. The van der Waals surface area contributed by atoms with Crippen LogP contribution in [-0.2, 0) is 16.6 Å². The van der Waals surface area contributed by atoms with Gasteiger partial charge in [0.15, 0.2) is 0 Å². The summed E-state index contributed by atoms with van der Waals surface area (Å²) in [5.41, 5.74) is 1.91. The van der Waals surface area contributed by atoms with Gasteiger partial charge >= 0.3 is 0 Å². The monoisotopic (exact) mass is 297 g/mol. The molecule has 0 spiro atoms. The van der Waals surface area contributed by atoms with Gasteiger partial charge in [-0.05, 0) is 32.6 Å². The molecule has 0 unspecified atom stereocenters. The van der Waals surface area contributed by atoms with E-state index < -0.39 is 0 Å². The number of carbonyl (C=O) groups excluding carboxylic acids is 1. The number of hydrogen-bond acceptors (Lipinski definition) is 3. The second-order valence-electron chi connectivity index (χ2n) is 5.60. The van der Waals surface area contributed by atoms with Crippen molar-refractivity contribution in [3.63, 3.8) is 0 Å². The molecule has 2 atom stereocenters. The van der Waals surface area contributed by atoms with Crippen LogP contribution in [0.5, 0.6) is 0 Å². The molecule has 0 aliphatic carbocycles. The Kier molecular flexibility index (Phi) is 3.73. The molecule has 0 aromatic carbocycles. The standard InChI is InChI=1S/C14H20ClN3O2/c1-9-12(13(15)17(2)16-9)10-5-3-7-18(10)14(19)11-6-4-8-20-11/h10-11H,3-8H2,1-2H3/t10-,11-/m1/s1. The minimum absolute atomic E-state index is 0.0490. The van der Waals surface area contributed by atoms with Crippen LogP contribution in [0.4, 0.5) is 0 Å². The number of amides is 1. The Bertz CT molecular complexity index is 523. The molecule has 1 aromatic heterocycles. The number of halogens is 1. The first-order valence-electron chi connectivity index (χ1n) is 7.20. The molecule has 1 amide bonds. The molecule has 5 nitrogen and oxygen atoms in total. The molecule has 0 saturated carbocycles. The largest absolute Gasteiger partial charge is 0.368 e. The highest BCUT2D eigenvalue weighted by molar-refractivity contribution is 6.30. The lowest BCUT2D eigenvalue weighted by atomic mass is 10.1. The molecule has 20 heavy (non-hydrogen) atoms. The molecule has 1 aromatic rings. The summed E-state index contributed by atoms with van der Waals surface area (Å²) in [5.74, 6) is 0.115. The summed E-state index contributed by atoms with van der Waals surface area (Å²) in [5, 5.41) is 5.00. The van der Waals surface area contributed by atoms with E-state index in [9.17, 15) is 4.79 Å². The van der Waals surface area contributed by atoms with Crippen molar-refractivity contribution >= 4 is 17.5 Å². The predicted molar refractivity (Wildman–Crippen MR) is 75.6 cm³/mol. The van der Waals surface area contributed by atoms with E-state index in [4.69, 9.17) is 16.3 Å². The summed E-state index contributed by atoms with van der Waals surface area (Å²) < 4.78 is 7.21. The lowest BCUT2D eigenvalue weighted by Crippen LogP contribution is -2.38. The van der Waals surface area contributed by atoms with Crippen molar-refractivity contribution in [2.75, 3.05) is 13.2 Å². The average Bonchev–Trinajstić information content (AvgIpc) is 3.12. The maximum absolute atomic E-state index is 12.6. The Morgan fingerprint density at radius 2 is 2.20 bits per heavy atom. The van der Waals surface area contributed by atoms with Crippen LogP contribution in [-0.4, -0.2) is 39.8 Å². The fourth-order valence-corrected chi connectivity index (χ4v) is 3.61. The van der Waals surface area contributed by atoms with Crippen molar-refractivity contribution in [2.45, 2.75) is 44.8 Å².